The van der Waals surface area contributed by atoms with E-state index in [0.717, 1.165) is 0 Å². The molecule has 0 fully saturated rings. The summed E-state index contributed by atoms with van der Waals surface area (Å²) in [6.07, 6.45) is 1.30. The van der Waals surface area contributed by atoms with Gasteiger partial charge in [0.1, 0.15) is 0 Å². The summed E-state index contributed by atoms with van der Waals surface area (Å²) >= 11 is 5.92. The van der Waals surface area contributed by atoms with Crippen LogP contribution in [0.25, 0.3) is 0 Å². The van der Waals surface area contributed by atoms with E-state index in [-0.39, 0.29) is 5.56 Å². The predicted octanol–water partition coefficient (Wildman–Crippen LogP) is 2.90. The highest BCUT2D eigenvalue weighted by molar-refractivity contribution is 6.33. The maximum Gasteiger partial charge on any atom is 0.200 e. The maximum absolute atomic E-state index is 9.58. The van der Waals surface area contributed by atoms with Crippen LogP contribution in [0.1, 0.15) is 5.56 Å². The summed E-state index contributed by atoms with van der Waals surface area (Å²) in [4.78, 5) is 0. The number of benzene rings is 2. The van der Waals surface area contributed by atoms with E-state index in [2.05, 4.69) is 10.5 Å². The van der Waals surface area contributed by atoms with Gasteiger partial charge in [-0.05, 0) is 24.3 Å². The molecule has 98 valence electrons. The summed E-state index contributed by atoms with van der Waals surface area (Å²) in [5.41, 5.74) is 3.58. The Morgan fingerprint density at radius 2 is 1.74 bits per heavy atom. The number of nitrogens with zero attached hydrogens (tertiary/aromatic N) is 1. The predicted molar refractivity (Wildman–Crippen MR) is 74.1 cm³/mol. The Balaban J connectivity index is 2.16. The number of aromatic hydroxyl groups is 3. The summed E-state index contributed by atoms with van der Waals surface area (Å²) in [7, 11) is 0. The van der Waals surface area contributed by atoms with Gasteiger partial charge in [-0.3, -0.25) is 5.43 Å². The highest BCUT2D eigenvalue weighted by Gasteiger charge is 2.09. The Bertz CT molecular complexity index is 629. The average molecular weight is 279 g/mol. The van der Waals surface area contributed by atoms with Crippen LogP contribution in [0.15, 0.2) is 41.5 Å². The third kappa shape index (κ3) is 2.89. The molecular weight excluding hydrogens is 268 g/mol. The molecule has 5 nitrogen and oxygen atoms in total. The van der Waals surface area contributed by atoms with E-state index in [1.165, 1.54) is 18.3 Å². The number of hydrogen-bond donors (Lipinski definition) is 4. The van der Waals surface area contributed by atoms with E-state index in [9.17, 15) is 15.3 Å². The van der Waals surface area contributed by atoms with Crippen molar-refractivity contribution < 1.29 is 15.3 Å². The Hall–Kier alpha value is -2.40. The average Bonchev–Trinajstić information content (AvgIpc) is 2.41. The molecule has 0 spiro atoms. The second-order valence-corrected chi connectivity index (χ2v) is 4.13. The van der Waals surface area contributed by atoms with Crippen LogP contribution >= 0.6 is 11.6 Å². The standard InChI is InChI=1S/C13H11ClN2O3/c14-9-3-1-2-4-10(9)16-15-7-8-5-6-11(17)13(19)12(8)18/h1-7,16-19H. The van der Waals surface area contributed by atoms with Crippen molar-refractivity contribution in [2.24, 2.45) is 5.10 Å². The van der Waals surface area contributed by atoms with Gasteiger partial charge in [-0.25, -0.2) is 0 Å². The Kier molecular flexibility index (Phi) is 3.77. The molecule has 0 radical (unpaired) electrons. The summed E-state index contributed by atoms with van der Waals surface area (Å²) in [5.74, 6) is -1.42. The normalized spacial score (nSPS) is 10.8. The van der Waals surface area contributed by atoms with Gasteiger partial charge >= 0.3 is 0 Å². The molecule has 19 heavy (non-hydrogen) atoms. The quantitative estimate of drug-likeness (QED) is 0.395. The zero-order valence-electron chi connectivity index (χ0n) is 9.71. The van der Waals surface area contributed by atoms with E-state index in [0.29, 0.717) is 10.7 Å². The smallest absolute Gasteiger partial charge is 0.200 e. The highest BCUT2D eigenvalue weighted by atomic mass is 35.5. The van der Waals surface area contributed by atoms with Gasteiger partial charge in [0.25, 0.3) is 0 Å². The molecule has 0 aromatic heterocycles. The SMILES string of the molecule is Oc1ccc(C=NNc2ccccc2Cl)c(O)c1O. The maximum atomic E-state index is 9.58. The molecule has 0 bridgehead atoms. The molecule has 4 N–H and O–H groups in total. The van der Waals surface area contributed by atoms with Crippen LogP contribution in [0.4, 0.5) is 5.69 Å². The molecule has 0 aliphatic rings. The topological polar surface area (TPSA) is 85.1 Å². The van der Waals surface area contributed by atoms with Crippen LogP contribution in [0, 0.1) is 0 Å². The van der Waals surface area contributed by atoms with Crippen LogP contribution in [0.3, 0.4) is 0 Å². The molecule has 6 heteroatoms. The third-order valence-corrected chi connectivity index (χ3v) is 2.75. The van der Waals surface area contributed by atoms with Crippen molar-refractivity contribution in [1.82, 2.24) is 0 Å². The number of nitrogens with one attached hydrogen (secondary N) is 1. The molecule has 2 aromatic rings. The minimum Gasteiger partial charge on any atom is -0.504 e. The molecular formula is C13H11ClN2O3. The number of phenols is 3. The van der Waals surface area contributed by atoms with Crippen LogP contribution < -0.4 is 5.43 Å². The zero-order valence-corrected chi connectivity index (χ0v) is 10.5. The van der Waals surface area contributed by atoms with Crippen LogP contribution in [-0.2, 0) is 0 Å². The van der Waals surface area contributed by atoms with Crippen molar-refractivity contribution in [1.29, 1.82) is 0 Å². The second-order valence-electron chi connectivity index (χ2n) is 3.72. The molecule has 0 unspecified atom stereocenters. The molecule has 2 rings (SSSR count). The van der Waals surface area contributed by atoms with Crippen LogP contribution in [0.5, 0.6) is 17.2 Å². The Labute approximate surface area is 114 Å². The van der Waals surface area contributed by atoms with Crippen molar-refractivity contribution in [2.75, 3.05) is 5.43 Å². The fraction of sp³-hybridized carbons (Fsp3) is 0. The van der Waals surface area contributed by atoms with Crippen molar-refractivity contribution in [3.63, 3.8) is 0 Å². The summed E-state index contributed by atoms with van der Waals surface area (Å²) in [6.45, 7) is 0. The number of phenolic OH excluding ortho intramolecular Hbond substituents is 3. The van der Waals surface area contributed by atoms with Gasteiger partial charge in [0, 0.05) is 5.56 Å². The first-order valence-corrected chi connectivity index (χ1v) is 5.75. The van der Waals surface area contributed by atoms with Crippen LogP contribution in [-0.4, -0.2) is 21.5 Å². The van der Waals surface area contributed by atoms with Crippen molar-refractivity contribution in [3.05, 3.63) is 47.0 Å². The first-order chi connectivity index (χ1) is 9.09. The van der Waals surface area contributed by atoms with Gasteiger partial charge in [0.15, 0.2) is 11.5 Å². The van der Waals surface area contributed by atoms with E-state index < -0.39 is 17.2 Å². The lowest BCUT2D eigenvalue weighted by molar-refractivity contribution is 0.367. The lowest BCUT2D eigenvalue weighted by atomic mass is 10.2. The zero-order chi connectivity index (χ0) is 13.8. The highest BCUT2D eigenvalue weighted by Crippen LogP contribution is 2.36. The first-order valence-electron chi connectivity index (χ1n) is 5.37. The second kappa shape index (κ2) is 5.49. The molecule has 0 saturated heterocycles. The lowest BCUT2D eigenvalue weighted by Gasteiger charge is -2.04. The van der Waals surface area contributed by atoms with Gasteiger partial charge in [0.2, 0.25) is 5.75 Å². The van der Waals surface area contributed by atoms with Crippen molar-refractivity contribution in [2.45, 2.75) is 0 Å². The fourth-order valence-electron chi connectivity index (χ4n) is 1.41. The first kappa shape index (κ1) is 13.0. The van der Waals surface area contributed by atoms with Gasteiger partial charge in [-0.1, -0.05) is 23.7 Å². The number of para-hydroxylation sites is 1. The van der Waals surface area contributed by atoms with E-state index in [1.807, 2.05) is 0 Å². The molecule has 0 atom stereocenters. The van der Waals surface area contributed by atoms with E-state index in [4.69, 9.17) is 11.6 Å². The molecule has 0 aliphatic carbocycles. The third-order valence-electron chi connectivity index (χ3n) is 2.42. The fourth-order valence-corrected chi connectivity index (χ4v) is 1.59. The molecule has 0 amide bonds. The minimum atomic E-state index is -0.582. The lowest BCUT2D eigenvalue weighted by Crippen LogP contribution is -1.91. The number of hydrogen-bond acceptors (Lipinski definition) is 5. The van der Waals surface area contributed by atoms with Gasteiger partial charge in [-0.15, -0.1) is 0 Å². The summed E-state index contributed by atoms with van der Waals surface area (Å²) < 4.78 is 0. The molecule has 0 aliphatic heterocycles. The number of halogens is 1. The van der Waals surface area contributed by atoms with Gasteiger partial charge in [-0.2, -0.15) is 5.10 Å². The van der Waals surface area contributed by atoms with Gasteiger partial charge in [0.05, 0.1) is 16.9 Å². The van der Waals surface area contributed by atoms with Gasteiger partial charge < -0.3 is 15.3 Å². The van der Waals surface area contributed by atoms with E-state index >= 15 is 0 Å². The minimum absolute atomic E-state index is 0.259. The van der Waals surface area contributed by atoms with E-state index in [1.54, 1.807) is 24.3 Å². The Morgan fingerprint density at radius 1 is 1.00 bits per heavy atom. The molecule has 0 heterocycles. The van der Waals surface area contributed by atoms with Crippen LogP contribution in [0.2, 0.25) is 5.02 Å². The largest absolute Gasteiger partial charge is 0.504 e. The summed E-state index contributed by atoms with van der Waals surface area (Å²) in [5, 5.41) is 32.5. The number of anilines is 1. The van der Waals surface area contributed by atoms with Crippen molar-refractivity contribution >= 4 is 23.5 Å². The molecule has 0 saturated carbocycles. The summed E-state index contributed by atoms with van der Waals surface area (Å²) in [6, 6.07) is 9.72. The Morgan fingerprint density at radius 3 is 2.47 bits per heavy atom. The monoisotopic (exact) mass is 278 g/mol. The number of hydrazone groups is 1. The molecule has 2 aromatic carbocycles. The number of rotatable bonds is 3. The van der Waals surface area contributed by atoms with Crippen molar-refractivity contribution in [3.8, 4) is 17.2 Å².